The topological polar surface area (TPSA) is 46.3 Å². The van der Waals surface area contributed by atoms with Crippen molar-refractivity contribution < 1.29 is 4.79 Å². The fourth-order valence-electron chi connectivity index (χ4n) is 3.04. The highest BCUT2D eigenvalue weighted by atomic mass is 32.2. The van der Waals surface area contributed by atoms with Crippen molar-refractivity contribution in [1.82, 2.24) is 4.90 Å². The molecule has 0 aliphatic rings. The van der Waals surface area contributed by atoms with Crippen molar-refractivity contribution in [3.05, 3.63) is 120 Å². The van der Waals surface area contributed by atoms with Crippen LogP contribution in [0, 0.1) is 0 Å². The minimum Gasteiger partial charge on any atom is -0.368 e. The molecule has 0 fully saturated rings. The molecule has 0 bridgehead atoms. The summed E-state index contributed by atoms with van der Waals surface area (Å²) in [6.07, 6.45) is 1.79. The van der Waals surface area contributed by atoms with E-state index in [9.17, 15) is 4.79 Å². The van der Waals surface area contributed by atoms with Gasteiger partial charge in [0.25, 0.3) is 0 Å². The monoisotopic (exact) mass is 446 g/mol. The molecule has 3 aromatic rings. The summed E-state index contributed by atoms with van der Waals surface area (Å²) in [6.45, 7) is 8.70. The Hall–Kier alpha value is -2.82. The molecule has 0 aliphatic carbocycles. The molecule has 0 atom stereocenters. The summed E-state index contributed by atoms with van der Waals surface area (Å²) < 4.78 is 0. The molecule has 0 heterocycles. The summed E-state index contributed by atoms with van der Waals surface area (Å²) in [5.74, 6) is 1.86. The fourth-order valence-corrected chi connectivity index (χ4v) is 4.00. The zero-order chi connectivity index (χ0) is 23.2. The SMILES string of the molecule is C=CCN(Cc1ccccc1)C(C)(C)C(N)=O.c1ccc(CSCc2ccccc2)cc1. The number of carbonyl (C=O) groups excluding carboxylic acids is 1. The van der Waals surface area contributed by atoms with E-state index >= 15 is 0 Å². The number of thioether (sulfide) groups is 1. The van der Waals surface area contributed by atoms with Crippen molar-refractivity contribution in [3.63, 3.8) is 0 Å². The second-order valence-corrected chi connectivity index (χ2v) is 9.03. The molecule has 0 radical (unpaired) electrons. The van der Waals surface area contributed by atoms with Gasteiger partial charge in [-0.25, -0.2) is 0 Å². The first-order chi connectivity index (χ1) is 15.4. The van der Waals surface area contributed by atoms with Crippen LogP contribution in [-0.2, 0) is 22.8 Å². The smallest absolute Gasteiger partial charge is 0.237 e. The van der Waals surface area contributed by atoms with E-state index in [0.717, 1.165) is 17.1 Å². The molecule has 3 nitrogen and oxygen atoms in total. The Morgan fingerprint density at radius 3 is 1.62 bits per heavy atom. The van der Waals surface area contributed by atoms with Crippen LogP contribution in [0.1, 0.15) is 30.5 Å². The molecule has 0 saturated carbocycles. The molecule has 3 aromatic carbocycles. The standard InChI is InChI=1S/C14H20N2O.C14H14S/c1-4-10-16(14(2,3)13(15)17)11-12-8-6-5-7-9-12;1-3-7-13(8-4-1)11-15-12-14-9-5-2-6-10-14/h4-9H,1,10-11H2,2-3H3,(H2,15,17);1-10H,11-12H2. The number of hydrogen-bond donors (Lipinski definition) is 1. The van der Waals surface area contributed by atoms with E-state index in [1.807, 2.05) is 60.8 Å². The van der Waals surface area contributed by atoms with Crippen LogP contribution in [0.4, 0.5) is 0 Å². The molecule has 1 amide bonds. The quantitative estimate of drug-likeness (QED) is 0.385. The molecular formula is C28H34N2OS. The van der Waals surface area contributed by atoms with Gasteiger partial charge in [0, 0.05) is 24.6 Å². The number of nitrogens with zero attached hydrogens (tertiary/aromatic N) is 1. The van der Waals surface area contributed by atoms with Gasteiger partial charge >= 0.3 is 0 Å². The molecule has 4 heteroatoms. The van der Waals surface area contributed by atoms with Gasteiger partial charge in [0.05, 0.1) is 5.54 Å². The van der Waals surface area contributed by atoms with E-state index in [-0.39, 0.29) is 5.91 Å². The lowest BCUT2D eigenvalue weighted by atomic mass is 10.0. The second kappa shape index (κ2) is 13.6. The van der Waals surface area contributed by atoms with Gasteiger partial charge in [0.2, 0.25) is 5.91 Å². The Labute approximate surface area is 197 Å². The highest BCUT2D eigenvalue weighted by Gasteiger charge is 2.31. The molecule has 0 spiro atoms. The van der Waals surface area contributed by atoms with Crippen LogP contribution in [0.3, 0.4) is 0 Å². The minimum absolute atomic E-state index is 0.324. The fraction of sp³-hybridized carbons (Fsp3) is 0.250. The zero-order valence-electron chi connectivity index (χ0n) is 19.1. The number of primary amides is 1. The molecular weight excluding hydrogens is 412 g/mol. The molecule has 0 unspecified atom stereocenters. The Morgan fingerprint density at radius 2 is 1.25 bits per heavy atom. The number of hydrogen-bond acceptors (Lipinski definition) is 3. The van der Waals surface area contributed by atoms with E-state index in [2.05, 4.69) is 67.2 Å². The minimum atomic E-state index is -0.677. The summed E-state index contributed by atoms with van der Waals surface area (Å²) in [7, 11) is 0. The second-order valence-electron chi connectivity index (χ2n) is 8.04. The van der Waals surface area contributed by atoms with E-state index < -0.39 is 5.54 Å². The lowest BCUT2D eigenvalue weighted by Crippen LogP contribution is -2.52. The van der Waals surface area contributed by atoms with Crippen LogP contribution in [0.2, 0.25) is 0 Å². The lowest BCUT2D eigenvalue weighted by molar-refractivity contribution is -0.128. The maximum absolute atomic E-state index is 11.5. The van der Waals surface area contributed by atoms with Crippen molar-refractivity contribution in [3.8, 4) is 0 Å². The van der Waals surface area contributed by atoms with Gasteiger partial charge in [-0.15, -0.1) is 6.58 Å². The third-order valence-corrected chi connectivity index (χ3v) is 6.26. The van der Waals surface area contributed by atoms with E-state index in [1.54, 1.807) is 6.08 Å². The Kier molecular flexibility index (Phi) is 10.8. The highest BCUT2D eigenvalue weighted by molar-refractivity contribution is 7.97. The molecule has 3 rings (SSSR count). The van der Waals surface area contributed by atoms with Gasteiger partial charge in [0.1, 0.15) is 0 Å². The van der Waals surface area contributed by atoms with E-state index in [4.69, 9.17) is 5.73 Å². The molecule has 168 valence electrons. The molecule has 0 saturated heterocycles. The molecule has 2 N–H and O–H groups in total. The van der Waals surface area contributed by atoms with Crippen LogP contribution in [-0.4, -0.2) is 22.9 Å². The van der Waals surface area contributed by atoms with Gasteiger partial charge in [-0.2, -0.15) is 11.8 Å². The van der Waals surface area contributed by atoms with Gasteiger partial charge in [-0.05, 0) is 30.5 Å². The lowest BCUT2D eigenvalue weighted by Gasteiger charge is -2.35. The Bertz CT molecular complexity index is 888. The van der Waals surface area contributed by atoms with Crippen molar-refractivity contribution in [1.29, 1.82) is 0 Å². The number of amides is 1. The van der Waals surface area contributed by atoms with Crippen LogP contribution in [0.15, 0.2) is 104 Å². The van der Waals surface area contributed by atoms with Crippen LogP contribution in [0.25, 0.3) is 0 Å². The highest BCUT2D eigenvalue weighted by Crippen LogP contribution is 2.18. The van der Waals surface area contributed by atoms with Gasteiger partial charge in [-0.3, -0.25) is 9.69 Å². The van der Waals surface area contributed by atoms with Crippen molar-refractivity contribution in [2.75, 3.05) is 6.54 Å². The van der Waals surface area contributed by atoms with Crippen LogP contribution >= 0.6 is 11.8 Å². The maximum atomic E-state index is 11.5. The molecule has 0 aromatic heterocycles. The van der Waals surface area contributed by atoms with Gasteiger partial charge < -0.3 is 5.73 Å². The predicted octanol–water partition coefficient (Wildman–Crippen LogP) is 6.06. The number of rotatable bonds is 10. The zero-order valence-corrected chi connectivity index (χ0v) is 19.9. The maximum Gasteiger partial charge on any atom is 0.237 e. The average Bonchev–Trinajstić information content (AvgIpc) is 2.81. The van der Waals surface area contributed by atoms with E-state index in [1.165, 1.54) is 11.1 Å². The number of benzene rings is 3. The average molecular weight is 447 g/mol. The normalized spacial score (nSPS) is 10.8. The van der Waals surface area contributed by atoms with Crippen molar-refractivity contribution in [2.24, 2.45) is 5.73 Å². The summed E-state index contributed by atoms with van der Waals surface area (Å²) >= 11 is 1.96. The Morgan fingerprint density at radius 1 is 0.844 bits per heavy atom. The molecule has 32 heavy (non-hydrogen) atoms. The summed E-state index contributed by atoms with van der Waals surface area (Å²) in [4.78, 5) is 13.5. The first-order valence-corrected chi connectivity index (χ1v) is 11.9. The Balaban J connectivity index is 0.000000228. The van der Waals surface area contributed by atoms with Gasteiger partial charge in [0.15, 0.2) is 0 Å². The van der Waals surface area contributed by atoms with Crippen molar-refractivity contribution in [2.45, 2.75) is 37.4 Å². The van der Waals surface area contributed by atoms with Gasteiger partial charge in [-0.1, -0.05) is 97.1 Å². The summed E-state index contributed by atoms with van der Waals surface area (Å²) in [6, 6.07) is 31.2. The van der Waals surface area contributed by atoms with Crippen LogP contribution in [0.5, 0.6) is 0 Å². The summed E-state index contributed by atoms with van der Waals surface area (Å²) in [5.41, 5.74) is 8.72. The number of carbonyl (C=O) groups is 1. The summed E-state index contributed by atoms with van der Waals surface area (Å²) in [5, 5.41) is 0. The third kappa shape index (κ3) is 8.74. The largest absolute Gasteiger partial charge is 0.368 e. The van der Waals surface area contributed by atoms with Crippen molar-refractivity contribution >= 4 is 17.7 Å². The third-order valence-electron chi connectivity index (χ3n) is 5.18. The number of nitrogens with two attached hydrogens (primary N) is 1. The van der Waals surface area contributed by atoms with E-state index in [0.29, 0.717) is 13.1 Å². The first kappa shape index (κ1) is 25.4. The van der Waals surface area contributed by atoms with Crippen LogP contribution < -0.4 is 5.73 Å². The first-order valence-electron chi connectivity index (χ1n) is 10.8. The molecule has 0 aliphatic heterocycles. The predicted molar refractivity (Wildman–Crippen MR) is 138 cm³/mol.